The monoisotopic (exact) mass is 289 g/mol. The van der Waals surface area contributed by atoms with Gasteiger partial charge >= 0.3 is 0 Å². The lowest BCUT2D eigenvalue weighted by atomic mass is 10.2. The van der Waals surface area contributed by atoms with Gasteiger partial charge in [-0.1, -0.05) is 13.0 Å². The van der Waals surface area contributed by atoms with E-state index in [0.29, 0.717) is 17.5 Å². The third-order valence-electron chi connectivity index (χ3n) is 3.95. The fourth-order valence-electron chi connectivity index (χ4n) is 2.79. The smallest absolute Gasteiger partial charge is 0.226 e. The third kappa shape index (κ3) is 3.31. The first kappa shape index (κ1) is 14.2. The molecule has 1 aliphatic rings. The molecule has 0 radical (unpaired) electrons. The van der Waals surface area contributed by atoms with Gasteiger partial charge in [-0.15, -0.1) is 0 Å². The summed E-state index contributed by atoms with van der Waals surface area (Å²) in [5.74, 6) is 0.199. The Morgan fingerprint density at radius 3 is 3.10 bits per heavy atom. The highest BCUT2D eigenvalue weighted by Crippen LogP contribution is 2.21. The summed E-state index contributed by atoms with van der Waals surface area (Å²) in [7, 11) is 0. The summed E-state index contributed by atoms with van der Waals surface area (Å²) < 4.78 is 18.7. The molecule has 5 heteroatoms. The van der Waals surface area contributed by atoms with E-state index in [2.05, 4.69) is 22.1 Å². The standard InChI is InChI=1S/C16H20FN3O/c1-2-20(15-6-7-18-9-15)10-14-11-21-16(19-14)12-4-3-5-13(17)8-12/h3-5,8,11,15,18H,2,6-7,9-10H2,1H3. The van der Waals surface area contributed by atoms with Crippen molar-refractivity contribution >= 4 is 0 Å². The van der Waals surface area contributed by atoms with Crippen molar-refractivity contribution in [3.63, 3.8) is 0 Å². The molecule has 2 heterocycles. The van der Waals surface area contributed by atoms with Crippen molar-refractivity contribution in [3.8, 4) is 11.5 Å². The van der Waals surface area contributed by atoms with Gasteiger partial charge in [-0.05, 0) is 37.7 Å². The minimum Gasteiger partial charge on any atom is -0.444 e. The second-order valence-electron chi connectivity index (χ2n) is 5.36. The average Bonchev–Trinajstić information content (AvgIpc) is 3.16. The van der Waals surface area contributed by atoms with Gasteiger partial charge in [0, 0.05) is 24.7 Å². The van der Waals surface area contributed by atoms with Gasteiger partial charge in [0.05, 0.1) is 5.69 Å². The molecule has 3 rings (SSSR count). The maximum Gasteiger partial charge on any atom is 0.226 e. The molecular weight excluding hydrogens is 269 g/mol. The summed E-state index contributed by atoms with van der Waals surface area (Å²) in [5, 5.41) is 3.38. The Morgan fingerprint density at radius 2 is 2.38 bits per heavy atom. The minimum absolute atomic E-state index is 0.278. The number of oxazole rings is 1. The minimum atomic E-state index is -0.278. The van der Waals surface area contributed by atoms with Crippen LogP contribution in [0.1, 0.15) is 19.0 Å². The molecule has 1 unspecified atom stereocenters. The molecule has 1 atom stereocenters. The predicted molar refractivity (Wildman–Crippen MR) is 79.3 cm³/mol. The molecule has 1 aromatic heterocycles. The van der Waals surface area contributed by atoms with E-state index in [4.69, 9.17) is 4.42 Å². The lowest BCUT2D eigenvalue weighted by molar-refractivity contribution is 0.208. The van der Waals surface area contributed by atoms with Crippen LogP contribution < -0.4 is 5.32 Å². The van der Waals surface area contributed by atoms with Crippen LogP contribution in [0.3, 0.4) is 0 Å². The van der Waals surface area contributed by atoms with Crippen LogP contribution >= 0.6 is 0 Å². The lowest BCUT2D eigenvalue weighted by Crippen LogP contribution is -2.36. The zero-order valence-corrected chi connectivity index (χ0v) is 12.2. The van der Waals surface area contributed by atoms with Gasteiger partial charge in [-0.2, -0.15) is 0 Å². The molecule has 0 aliphatic carbocycles. The first-order valence-electron chi connectivity index (χ1n) is 7.41. The Labute approximate surface area is 124 Å². The molecular formula is C16H20FN3O. The fraction of sp³-hybridized carbons (Fsp3) is 0.438. The van der Waals surface area contributed by atoms with Crippen LogP contribution in [0.15, 0.2) is 34.9 Å². The molecule has 1 fully saturated rings. The van der Waals surface area contributed by atoms with Crippen molar-refractivity contribution in [1.82, 2.24) is 15.2 Å². The van der Waals surface area contributed by atoms with Crippen molar-refractivity contribution in [2.45, 2.75) is 25.9 Å². The van der Waals surface area contributed by atoms with Gasteiger partial charge in [0.25, 0.3) is 0 Å². The fourth-order valence-corrected chi connectivity index (χ4v) is 2.79. The molecule has 1 saturated heterocycles. The molecule has 21 heavy (non-hydrogen) atoms. The summed E-state index contributed by atoms with van der Waals surface area (Å²) >= 11 is 0. The Bertz CT molecular complexity index is 593. The zero-order chi connectivity index (χ0) is 14.7. The summed E-state index contributed by atoms with van der Waals surface area (Å²) in [6.45, 7) is 6.01. The molecule has 112 valence electrons. The van der Waals surface area contributed by atoms with Crippen molar-refractivity contribution in [1.29, 1.82) is 0 Å². The van der Waals surface area contributed by atoms with Gasteiger partial charge in [0.1, 0.15) is 12.1 Å². The molecule has 1 aliphatic heterocycles. The normalized spacial score (nSPS) is 18.5. The first-order chi connectivity index (χ1) is 10.3. The number of rotatable bonds is 5. The van der Waals surface area contributed by atoms with Gasteiger partial charge in [0.15, 0.2) is 0 Å². The van der Waals surface area contributed by atoms with Crippen LogP contribution in [0.25, 0.3) is 11.5 Å². The van der Waals surface area contributed by atoms with E-state index in [0.717, 1.165) is 31.9 Å². The van der Waals surface area contributed by atoms with Crippen LogP contribution in [0, 0.1) is 5.82 Å². The van der Waals surface area contributed by atoms with Crippen molar-refractivity contribution in [2.24, 2.45) is 0 Å². The van der Waals surface area contributed by atoms with Crippen LogP contribution in [-0.2, 0) is 6.54 Å². The van der Waals surface area contributed by atoms with Crippen molar-refractivity contribution < 1.29 is 8.81 Å². The van der Waals surface area contributed by atoms with E-state index in [1.165, 1.54) is 18.6 Å². The second-order valence-corrected chi connectivity index (χ2v) is 5.36. The Morgan fingerprint density at radius 1 is 1.48 bits per heavy atom. The van der Waals surface area contributed by atoms with E-state index in [-0.39, 0.29) is 5.82 Å². The van der Waals surface area contributed by atoms with Crippen molar-refractivity contribution in [2.75, 3.05) is 19.6 Å². The molecule has 0 spiro atoms. The van der Waals surface area contributed by atoms with E-state index < -0.39 is 0 Å². The van der Waals surface area contributed by atoms with Crippen LogP contribution in [0.5, 0.6) is 0 Å². The Hall–Kier alpha value is -1.72. The second kappa shape index (κ2) is 6.37. The number of halogens is 1. The molecule has 1 aromatic carbocycles. The van der Waals surface area contributed by atoms with Gasteiger partial charge in [0.2, 0.25) is 5.89 Å². The van der Waals surface area contributed by atoms with E-state index in [1.807, 2.05) is 0 Å². The number of hydrogen-bond donors (Lipinski definition) is 1. The topological polar surface area (TPSA) is 41.3 Å². The van der Waals surface area contributed by atoms with E-state index >= 15 is 0 Å². The number of aromatic nitrogens is 1. The number of nitrogens with zero attached hydrogens (tertiary/aromatic N) is 2. The predicted octanol–water partition coefficient (Wildman–Crippen LogP) is 2.66. The summed E-state index contributed by atoms with van der Waals surface area (Å²) in [6.07, 6.45) is 2.84. The molecule has 0 bridgehead atoms. The highest BCUT2D eigenvalue weighted by Gasteiger charge is 2.22. The van der Waals surface area contributed by atoms with E-state index in [1.54, 1.807) is 18.4 Å². The van der Waals surface area contributed by atoms with Crippen LogP contribution in [-0.4, -0.2) is 35.6 Å². The third-order valence-corrected chi connectivity index (χ3v) is 3.95. The van der Waals surface area contributed by atoms with Gasteiger partial charge in [-0.25, -0.2) is 9.37 Å². The largest absolute Gasteiger partial charge is 0.444 e. The number of nitrogens with one attached hydrogen (secondary N) is 1. The number of benzene rings is 1. The lowest BCUT2D eigenvalue weighted by Gasteiger charge is -2.25. The Balaban J connectivity index is 1.72. The molecule has 1 N–H and O–H groups in total. The summed E-state index contributed by atoms with van der Waals surface area (Å²) in [6, 6.07) is 6.88. The summed E-state index contributed by atoms with van der Waals surface area (Å²) in [4.78, 5) is 6.88. The average molecular weight is 289 g/mol. The summed E-state index contributed by atoms with van der Waals surface area (Å²) in [5.41, 5.74) is 1.56. The van der Waals surface area contributed by atoms with Crippen LogP contribution in [0.4, 0.5) is 4.39 Å². The quantitative estimate of drug-likeness (QED) is 0.919. The van der Waals surface area contributed by atoms with Crippen molar-refractivity contribution in [3.05, 3.63) is 42.0 Å². The van der Waals surface area contributed by atoms with Crippen LogP contribution in [0.2, 0.25) is 0 Å². The molecule has 0 saturated carbocycles. The maximum absolute atomic E-state index is 13.2. The zero-order valence-electron chi connectivity index (χ0n) is 12.2. The van der Waals surface area contributed by atoms with Gasteiger partial charge < -0.3 is 9.73 Å². The SMILES string of the molecule is CCN(Cc1coc(-c2cccc(F)c2)n1)C1CCNC1. The Kier molecular flexibility index (Phi) is 4.31. The molecule has 2 aromatic rings. The van der Waals surface area contributed by atoms with E-state index in [9.17, 15) is 4.39 Å². The molecule has 4 nitrogen and oxygen atoms in total. The highest BCUT2D eigenvalue weighted by molar-refractivity contribution is 5.52. The highest BCUT2D eigenvalue weighted by atomic mass is 19.1. The van der Waals surface area contributed by atoms with Gasteiger partial charge in [-0.3, -0.25) is 4.90 Å². The maximum atomic E-state index is 13.2. The first-order valence-corrected chi connectivity index (χ1v) is 7.41. The number of likely N-dealkylation sites (N-methyl/N-ethyl adjacent to an activating group) is 1. The molecule has 0 amide bonds. The number of hydrogen-bond acceptors (Lipinski definition) is 4.